The van der Waals surface area contributed by atoms with Crippen molar-refractivity contribution in [2.75, 3.05) is 13.1 Å². The number of allylic oxidation sites excluding steroid dienone is 4. The topological polar surface area (TPSA) is 21.1 Å². The van der Waals surface area contributed by atoms with Crippen molar-refractivity contribution in [2.24, 2.45) is 5.92 Å². The monoisotopic (exact) mass is 475 g/mol. The van der Waals surface area contributed by atoms with Gasteiger partial charge in [0.05, 0.1) is 17.6 Å². The Morgan fingerprint density at radius 1 is 0.871 bits per heavy atom. The van der Waals surface area contributed by atoms with Crippen molar-refractivity contribution in [3.8, 4) is 0 Å². The van der Waals surface area contributed by atoms with Crippen molar-refractivity contribution in [1.29, 1.82) is 0 Å². The molecule has 160 valence electrons. The largest absolute Gasteiger partial charge is 0.323 e. The van der Waals surface area contributed by atoms with Crippen LogP contribution in [0.15, 0.2) is 76.8 Å². The molecule has 0 saturated carbocycles. The summed E-state index contributed by atoms with van der Waals surface area (Å²) in [6, 6.07) is 19.5. The second kappa shape index (κ2) is 9.54. The van der Waals surface area contributed by atoms with E-state index in [0.717, 1.165) is 37.4 Å². The number of aromatic nitrogens is 2. The van der Waals surface area contributed by atoms with E-state index < -0.39 is 0 Å². The van der Waals surface area contributed by atoms with Crippen LogP contribution in [-0.2, 0) is 19.5 Å². The molecule has 2 aliphatic rings. The number of para-hydroxylation sites is 2. The van der Waals surface area contributed by atoms with E-state index in [2.05, 4.69) is 92.1 Å². The molecule has 1 aliphatic heterocycles. The first-order chi connectivity index (χ1) is 15.2. The van der Waals surface area contributed by atoms with E-state index in [9.17, 15) is 0 Å². The zero-order chi connectivity index (χ0) is 21.0. The summed E-state index contributed by atoms with van der Waals surface area (Å²) in [6.07, 6.45) is 10.5. The predicted molar refractivity (Wildman–Crippen MR) is 132 cm³/mol. The van der Waals surface area contributed by atoms with Gasteiger partial charge in [-0.1, -0.05) is 76.1 Å². The first kappa shape index (κ1) is 20.7. The van der Waals surface area contributed by atoms with E-state index in [-0.39, 0.29) is 0 Å². The number of halogens is 1. The lowest BCUT2D eigenvalue weighted by Gasteiger charge is -2.32. The van der Waals surface area contributed by atoms with Gasteiger partial charge in [-0.15, -0.1) is 0 Å². The van der Waals surface area contributed by atoms with Gasteiger partial charge in [-0.05, 0) is 73.3 Å². The van der Waals surface area contributed by atoms with Crippen molar-refractivity contribution >= 4 is 27.0 Å². The Morgan fingerprint density at radius 3 is 2.42 bits per heavy atom. The van der Waals surface area contributed by atoms with Gasteiger partial charge in [-0.25, -0.2) is 4.98 Å². The Hall–Kier alpha value is -2.17. The summed E-state index contributed by atoms with van der Waals surface area (Å²) in [5.74, 6) is 2.01. The molecule has 5 rings (SSSR count). The summed E-state index contributed by atoms with van der Waals surface area (Å²) in [5, 5.41) is 0. The third-order valence-corrected chi connectivity index (χ3v) is 7.38. The summed E-state index contributed by atoms with van der Waals surface area (Å²) in [4.78, 5) is 7.65. The molecular formula is C27H30BrN3. The van der Waals surface area contributed by atoms with Gasteiger partial charge in [-0.2, -0.15) is 0 Å². The van der Waals surface area contributed by atoms with Crippen LogP contribution in [0.3, 0.4) is 0 Å². The van der Waals surface area contributed by atoms with Gasteiger partial charge >= 0.3 is 0 Å². The Bertz CT molecular complexity index is 1090. The second-order valence-corrected chi connectivity index (χ2v) is 9.97. The Morgan fingerprint density at radius 2 is 1.65 bits per heavy atom. The number of likely N-dealkylation sites (tertiary alicyclic amines) is 1. The molecular weight excluding hydrogens is 446 g/mol. The number of hydrogen-bond acceptors (Lipinski definition) is 2. The number of benzene rings is 2. The van der Waals surface area contributed by atoms with Crippen molar-refractivity contribution in [3.05, 3.63) is 88.2 Å². The highest BCUT2D eigenvalue weighted by Crippen LogP contribution is 2.27. The molecule has 1 saturated heterocycles. The summed E-state index contributed by atoms with van der Waals surface area (Å²) >= 11 is 3.63. The lowest BCUT2D eigenvalue weighted by molar-refractivity contribution is 0.172. The fraction of sp³-hybridized carbons (Fsp3) is 0.370. The number of piperidine rings is 1. The molecule has 4 heteroatoms. The van der Waals surface area contributed by atoms with E-state index in [4.69, 9.17) is 4.98 Å². The summed E-state index contributed by atoms with van der Waals surface area (Å²) in [5.41, 5.74) is 5.33. The van der Waals surface area contributed by atoms with Gasteiger partial charge in [0.15, 0.2) is 0 Å². The maximum absolute atomic E-state index is 5.04. The van der Waals surface area contributed by atoms with E-state index in [1.807, 2.05) is 0 Å². The van der Waals surface area contributed by atoms with Crippen LogP contribution in [0.4, 0.5) is 0 Å². The normalized spacial score (nSPS) is 18.2. The van der Waals surface area contributed by atoms with E-state index in [0.29, 0.717) is 0 Å². The zero-order valence-electron chi connectivity index (χ0n) is 18.0. The SMILES string of the molecule is BrC1=CC=C(Cn2c(CN3CCC(Cc4ccccc4)CC3)nc3ccccc32)CC1. The fourth-order valence-electron chi connectivity index (χ4n) is 4.91. The van der Waals surface area contributed by atoms with Crippen LogP contribution in [0.1, 0.15) is 37.1 Å². The molecule has 0 radical (unpaired) electrons. The molecule has 1 aromatic heterocycles. The molecule has 3 nitrogen and oxygen atoms in total. The Balaban J connectivity index is 1.28. The van der Waals surface area contributed by atoms with Gasteiger partial charge in [0.1, 0.15) is 5.82 Å². The predicted octanol–water partition coefficient (Wildman–Crippen LogP) is 6.49. The molecule has 3 aromatic rings. The molecule has 0 amide bonds. The minimum Gasteiger partial charge on any atom is -0.323 e. The lowest BCUT2D eigenvalue weighted by Crippen LogP contribution is -2.34. The number of hydrogen-bond donors (Lipinski definition) is 0. The minimum absolute atomic E-state index is 0.801. The highest BCUT2D eigenvalue weighted by atomic mass is 79.9. The van der Waals surface area contributed by atoms with Crippen LogP contribution >= 0.6 is 15.9 Å². The lowest BCUT2D eigenvalue weighted by atomic mass is 9.90. The van der Waals surface area contributed by atoms with E-state index in [1.54, 1.807) is 0 Å². The van der Waals surface area contributed by atoms with Gasteiger partial charge in [-0.3, -0.25) is 4.90 Å². The van der Waals surface area contributed by atoms with Crippen molar-refractivity contribution in [1.82, 2.24) is 14.5 Å². The van der Waals surface area contributed by atoms with Gasteiger partial charge in [0.2, 0.25) is 0 Å². The smallest absolute Gasteiger partial charge is 0.124 e. The fourth-order valence-corrected chi connectivity index (χ4v) is 5.24. The maximum Gasteiger partial charge on any atom is 0.124 e. The molecule has 2 aromatic carbocycles. The van der Waals surface area contributed by atoms with Crippen LogP contribution < -0.4 is 0 Å². The van der Waals surface area contributed by atoms with E-state index >= 15 is 0 Å². The third kappa shape index (κ3) is 5.02. The quantitative estimate of drug-likeness (QED) is 0.406. The van der Waals surface area contributed by atoms with Crippen molar-refractivity contribution < 1.29 is 0 Å². The Kier molecular flexibility index (Phi) is 6.37. The molecule has 0 bridgehead atoms. The average Bonchev–Trinajstić information content (AvgIpc) is 3.14. The van der Waals surface area contributed by atoms with Crippen LogP contribution in [0, 0.1) is 5.92 Å². The van der Waals surface area contributed by atoms with Crippen molar-refractivity contribution in [3.63, 3.8) is 0 Å². The first-order valence-corrected chi connectivity index (χ1v) is 12.3. The molecule has 0 spiro atoms. The second-order valence-electron chi connectivity index (χ2n) is 8.95. The number of rotatable bonds is 6. The number of fused-ring (bicyclic) bond motifs is 1. The van der Waals surface area contributed by atoms with Crippen LogP contribution in [0.5, 0.6) is 0 Å². The van der Waals surface area contributed by atoms with Crippen LogP contribution in [-0.4, -0.2) is 27.5 Å². The standard InChI is InChI=1S/C27H30BrN3/c28-24-12-10-23(11-13-24)19-31-26-9-5-4-8-25(26)29-27(31)20-30-16-14-22(15-17-30)18-21-6-2-1-3-7-21/h1-10,12,22H,11,13-20H2. The minimum atomic E-state index is 0.801. The first-order valence-electron chi connectivity index (χ1n) is 11.5. The molecule has 2 heterocycles. The van der Waals surface area contributed by atoms with E-state index in [1.165, 1.54) is 59.3 Å². The molecule has 0 N–H and O–H groups in total. The zero-order valence-corrected chi connectivity index (χ0v) is 19.6. The van der Waals surface area contributed by atoms with Crippen molar-refractivity contribution in [2.45, 2.75) is 45.2 Å². The highest BCUT2D eigenvalue weighted by Gasteiger charge is 2.22. The highest BCUT2D eigenvalue weighted by molar-refractivity contribution is 9.11. The molecule has 0 atom stereocenters. The summed E-state index contributed by atoms with van der Waals surface area (Å²) < 4.78 is 3.75. The van der Waals surface area contributed by atoms with Crippen LogP contribution in [0.25, 0.3) is 11.0 Å². The average molecular weight is 476 g/mol. The van der Waals surface area contributed by atoms with Crippen LogP contribution in [0.2, 0.25) is 0 Å². The van der Waals surface area contributed by atoms with Gasteiger partial charge in [0, 0.05) is 6.54 Å². The van der Waals surface area contributed by atoms with Gasteiger partial charge < -0.3 is 4.57 Å². The third-order valence-electron chi connectivity index (χ3n) is 6.72. The number of imidazole rings is 1. The molecule has 31 heavy (non-hydrogen) atoms. The summed E-state index contributed by atoms with van der Waals surface area (Å²) in [6.45, 7) is 4.22. The maximum atomic E-state index is 5.04. The molecule has 1 aliphatic carbocycles. The Labute approximate surface area is 193 Å². The molecule has 0 unspecified atom stereocenters. The number of nitrogens with zero attached hydrogens (tertiary/aromatic N) is 3. The molecule has 1 fully saturated rings. The van der Waals surface area contributed by atoms with Gasteiger partial charge in [0.25, 0.3) is 0 Å². The summed E-state index contributed by atoms with van der Waals surface area (Å²) in [7, 11) is 0.